The molecule has 0 radical (unpaired) electrons. The van der Waals surface area contributed by atoms with E-state index in [4.69, 9.17) is 26.1 Å². The van der Waals surface area contributed by atoms with Crippen LogP contribution in [0.5, 0.6) is 11.5 Å². The van der Waals surface area contributed by atoms with Gasteiger partial charge < -0.3 is 19.1 Å². The standard InChI is InChI=1S/C28H31ClN2O3/c1-18(2)24-11-10-23(14-19(24)3)33-17-28-30-25-7-5-6-8-26(25)31(28)15-22(32)16-34-27-12-9-21(29)13-20(27)4/h5-14,18,22,32H,15-17H2,1-4H3. The maximum Gasteiger partial charge on any atom is 0.148 e. The Morgan fingerprint density at radius 2 is 1.76 bits per heavy atom. The molecular formula is C28H31ClN2O3. The average molecular weight is 479 g/mol. The van der Waals surface area contributed by atoms with E-state index >= 15 is 0 Å². The molecule has 4 rings (SSSR count). The predicted octanol–water partition coefficient (Wildman–Crippen LogP) is 6.45. The molecule has 1 unspecified atom stereocenters. The minimum Gasteiger partial charge on any atom is -0.491 e. The second-order valence-corrected chi connectivity index (χ2v) is 9.40. The summed E-state index contributed by atoms with van der Waals surface area (Å²) in [4.78, 5) is 4.76. The number of imidazole rings is 1. The van der Waals surface area contributed by atoms with Gasteiger partial charge in [-0.3, -0.25) is 0 Å². The van der Waals surface area contributed by atoms with E-state index in [1.807, 2.05) is 54.0 Å². The minimum absolute atomic E-state index is 0.158. The number of fused-ring (bicyclic) bond motifs is 1. The number of nitrogens with zero attached hydrogens (tertiary/aromatic N) is 2. The summed E-state index contributed by atoms with van der Waals surface area (Å²) in [6.45, 7) is 9.22. The van der Waals surface area contributed by atoms with Crippen LogP contribution in [0.2, 0.25) is 5.02 Å². The lowest BCUT2D eigenvalue weighted by molar-refractivity contribution is 0.0914. The first-order valence-electron chi connectivity index (χ1n) is 11.6. The lowest BCUT2D eigenvalue weighted by Crippen LogP contribution is -2.25. The Hall–Kier alpha value is -3.02. The van der Waals surface area contributed by atoms with Crippen molar-refractivity contribution in [1.29, 1.82) is 0 Å². The van der Waals surface area contributed by atoms with E-state index in [0.29, 0.717) is 29.8 Å². The van der Waals surface area contributed by atoms with Gasteiger partial charge in [0.2, 0.25) is 0 Å². The fraction of sp³-hybridized carbons (Fsp3) is 0.321. The number of aliphatic hydroxyl groups excluding tert-OH is 1. The van der Waals surface area contributed by atoms with E-state index in [2.05, 4.69) is 32.9 Å². The number of aliphatic hydroxyl groups is 1. The van der Waals surface area contributed by atoms with E-state index in [-0.39, 0.29) is 6.61 Å². The number of hydrogen-bond donors (Lipinski definition) is 1. The highest BCUT2D eigenvalue weighted by molar-refractivity contribution is 6.30. The van der Waals surface area contributed by atoms with Gasteiger partial charge in [-0.25, -0.2) is 4.98 Å². The van der Waals surface area contributed by atoms with Crippen LogP contribution < -0.4 is 9.47 Å². The van der Waals surface area contributed by atoms with Gasteiger partial charge in [0.15, 0.2) is 0 Å². The average Bonchev–Trinajstić information content (AvgIpc) is 3.14. The summed E-state index contributed by atoms with van der Waals surface area (Å²) < 4.78 is 14.0. The van der Waals surface area contributed by atoms with Crippen LogP contribution in [-0.2, 0) is 13.2 Å². The van der Waals surface area contributed by atoms with Gasteiger partial charge in [-0.15, -0.1) is 0 Å². The van der Waals surface area contributed by atoms with E-state index in [9.17, 15) is 5.11 Å². The predicted molar refractivity (Wildman–Crippen MR) is 137 cm³/mol. The Kier molecular flexibility index (Phi) is 7.44. The summed E-state index contributed by atoms with van der Waals surface area (Å²) >= 11 is 6.02. The van der Waals surface area contributed by atoms with Crippen molar-refractivity contribution in [3.63, 3.8) is 0 Å². The number of aromatic nitrogens is 2. The zero-order valence-electron chi connectivity index (χ0n) is 20.1. The van der Waals surface area contributed by atoms with Gasteiger partial charge >= 0.3 is 0 Å². The lowest BCUT2D eigenvalue weighted by atomic mass is 9.98. The number of benzene rings is 3. The zero-order chi connectivity index (χ0) is 24.2. The molecule has 5 nitrogen and oxygen atoms in total. The van der Waals surface area contributed by atoms with Gasteiger partial charge in [0, 0.05) is 5.02 Å². The van der Waals surface area contributed by atoms with Crippen LogP contribution in [0.3, 0.4) is 0 Å². The monoisotopic (exact) mass is 478 g/mol. The molecule has 0 aliphatic rings. The first kappa shape index (κ1) is 24.1. The number of para-hydroxylation sites is 2. The molecular weight excluding hydrogens is 448 g/mol. The number of halogens is 1. The maximum absolute atomic E-state index is 10.8. The normalized spacial score (nSPS) is 12.3. The van der Waals surface area contributed by atoms with Crippen LogP contribution in [0.4, 0.5) is 0 Å². The number of aryl methyl sites for hydroxylation is 2. The molecule has 4 aromatic rings. The fourth-order valence-corrected chi connectivity index (χ4v) is 4.42. The van der Waals surface area contributed by atoms with E-state index < -0.39 is 6.10 Å². The molecule has 0 bridgehead atoms. The summed E-state index contributed by atoms with van der Waals surface area (Å²) in [7, 11) is 0. The second kappa shape index (κ2) is 10.5. The third-order valence-corrected chi connectivity index (χ3v) is 6.16. The Bertz CT molecular complexity index is 1280. The molecule has 1 atom stereocenters. The summed E-state index contributed by atoms with van der Waals surface area (Å²) in [5.74, 6) is 2.75. The third kappa shape index (κ3) is 5.54. The molecule has 0 saturated heterocycles. The number of ether oxygens (including phenoxy) is 2. The largest absolute Gasteiger partial charge is 0.491 e. The van der Waals surface area contributed by atoms with Crippen LogP contribution in [0, 0.1) is 13.8 Å². The minimum atomic E-state index is -0.723. The number of hydrogen-bond acceptors (Lipinski definition) is 4. The van der Waals surface area contributed by atoms with Gasteiger partial charge in [0.25, 0.3) is 0 Å². The Balaban J connectivity index is 1.49. The van der Waals surface area contributed by atoms with Gasteiger partial charge in [-0.1, -0.05) is 43.6 Å². The Morgan fingerprint density at radius 1 is 0.971 bits per heavy atom. The molecule has 1 N–H and O–H groups in total. The highest BCUT2D eigenvalue weighted by Gasteiger charge is 2.16. The van der Waals surface area contributed by atoms with Crippen molar-refractivity contribution in [2.45, 2.75) is 52.9 Å². The van der Waals surface area contributed by atoms with Crippen molar-refractivity contribution in [3.8, 4) is 11.5 Å². The highest BCUT2D eigenvalue weighted by Crippen LogP contribution is 2.25. The van der Waals surface area contributed by atoms with Crippen LogP contribution in [0.1, 0.15) is 42.3 Å². The summed E-state index contributed by atoms with van der Waals surface area (Å²) in [6, 6.07) is 19.6. The van der Waals surface area contributed by atoms with Crippen molar-refractivity contribution in [2.75, 3.05) is 6.61 Å². The Morgan fingerprint density at radius 3 is 2.50 bits per heavy atom. The van der Waals surface area contributed by atoms with Gasteiger partial charge in [-0.2, -0.15) is 0 Å². The van der Waals surface area contributed by atoms with Gasteiger partial charge in [0.05, 0.1) is 17.6 Å². The van der Waals surface area contributed by atoms with Gasteiger partial charge in [-0.05, 0) is 78.9 Å². The van der Waals surface area contributed by atoms with Crippen molar-refractivity contribution < 1.29 is 14.6 Å². The molecule has 1 aromatic heterocycles. The zero-order valence-corrected chi connectivity index (χ0v) is 20.8. The first-order valence-corrected chi connectivity index (χ1v) is 11.9. The quantitative estimate of drug-likeness (QED) is 0.300. The molecule has 0 saturated carbocycles. The molecule has 1 heterocycles. The van der Waals surface area contributed by atoms with Crippen LogP contribution in [0.25, 0.3) is 11.0 Å². The second-order valence-electron chi connectivity index (χ2n) is 8.96. The molecule has 0 fully saturated rings. The Labute approximate surface area is 205 Å². The highest BCUT2D eigenvalue weighted by atomic mass is 35.5. The smallest absolute Gasteiger partial charge is 0.148 e. The maximum atomic E-state index is 10.8. The van der Waals surface area contributed by atoms with Crippen molar-refractivity contribution >= 4 is 22.6 Å². The summed E-state index contributed by atoms with van der Waals surface area (Å²) in [5.41, 5.74) is 5.29. The lowest BCUT2D eigenvalue weighted by Gasteiger charge is -2.17. The topological polar surface area (TPSA) is 56.5 Å². The summed E-state index contributed by atoms with van der Waals surface area (Å²) in [5, 5.41) is 11.4. The molecule has 178 valence electrons. The van der Waals surface area contributed by atoms with Crippen LogP contribution in [-0.4, -0.2) is 27.4 Å². The van der Waals surface area contributed by atoms with Crippen molar-refractivity contribution in [3.05, 3.63) is 88.2 Å². The van der Waals surface area contributed by atoms with E-state index in [0.717, 1.165) is 28.2 Å². The molecule has 0 spiro atoms. The third-order valence-electron chi connectivity index (χ3n) is 5.93. The van der Waals surface area contributed by atoms with E-state index in [1.54, 1.807) is 6.07 Å². The first-order chi connectivity index (χ1) is 16.3. The molecule has 0 amide bonds. The van der Waals surface area contributed by atoms with Gasteiger partial charge in [0.1, 0.15) is 36.6 Å². The van der Waals surface area contributed by atoms with E-state index in [1.165, 1.54) is 11.1 Å². The van der Waals surface area contributed by atoms with Crippen LogP contribution in [0.15, 0.2) is 60.7 Å². The van der Waals surface area contributed by atoms with Crippen molar-refractivity contribution in [2.24, 2.45) is 0 Å². The molecule has 3 aromatic carbocycles. The van der Waals surface area contributed by atoms with Crippen molar-refractivity contribution in [1.82, 2.24) is 9.55 Å². The SMILES string of the molecule is Cc1cc(Cl)ccc1OCC(O)Cn1c(COc2ccc(C(C)C)c(C)c2)nc2ccccc21. The fourth-order valence-electron chi connectivity index (χ4n) is 4.20. The number of rotatable bonds is 9. The molecule has 6 heteroatoms. The molecule has 0 aliphatic carbocycles. The molecule has 34 heavy (non-hydrogen) atoms. The summed E-state index contributed by atoms with van der Waals surface area (Å²) in [6.07, 6.45) is -0.723. The molecule has 0 aliphatic heterocycles. The van der Waals surface area contributed by atoms with Crippen LogP contribution >= 0.6 is 11.6 Å².